The Hall–Kier alpha value is -2.82. The van der Waals surface area contributed by atoms with Crippen molar-refractivity contribution >= 4 is 22.8 Å². The van der Waals surface area contributed by atoms with Gasteiger partial charge in [0, 0.05) is 10.9 Å². The second-order valence-electron chi connectivity index (χ2n) is 5.68. The first-order chi connectivity index (χ1) is 11.2. The standard InChI is InChI=1S/C18H15FN2O2/c19-14-7-6-13-9-17(20-16(13)10-14)21-15(11-23-18(21)22)8-12-4-2-1-3-5-12/h1-7,9-10,15,20H,8,11H2/t15-/m0/s1. The van der Waals surface area contributed by atoms with Gasteiger partial charge in [0.15, 0.2) is 0 Å². The topological polar surface area (TPSA) is 45.3 Å². The third kappa shape index (κ3) is 2.54. The van der Waals surface area contributed by atoms with E-state index < -0.39 is 0 Å². The Morgan fingerprint density at radius 1 is 1.17 bits per heavy atom. The zero-order chi connectivity index (χ0) is 15.8. The highest BCUT2D eigenvalue weighted by atomic mass is 19.1. The quantitative estimate of drug-likeness (QED) is 0.798. The van der Waals surface area contributed by atoms with Crippen LogP contribution >= 0.6 is 0 Å². The normalized spacial score (nSPS) is 17.7. The van der Waals surface area contributed by atoms with E-state index in [1.54, 1.807) is 11.0 Å². The molecule has 1 aliphatic heterocycles. The summed E-state index contributed by atoms with van der Waals surface area (Å²) in [6, 6.07) is 16.3. The van der Waals surface area contributed by atoms with Gasteiger partial charge in [0.2, 0.25) is 0 Å². The third-order valence-electron chi connectivity index (χ3n) is 4.11. The molecule has 0 radical (unpaired) electrons. The number of carbonyl (C=O) groups excluding carboxylic acids is 1. The predicted octanol–water partition coefficient (Wildman–Crippen LogP) is 3.87. The molecule has 5 heteroatoms. The predicted molar refractivity (Wildman–Crippen MR) is 86.0 cm³/mol. The largest absolute Gasteiger partial charge is 0.447 e. The highest BCUT2D eigenvalue weighted by molar-refractivity contribution is 5.94. The van der Waals surface area contributed by atoms with Crippen molar-refractivity contribution < 1.29 is 13.9 Å². The van der Waals surface area contributed by atoms with Crippen LogP contribution in [0.15, 0.2) is 54.6 Å². The molecule has 3 aromatic rings. The summed E-state index contributed by atoms with van der Waals surface area (Å²) >= 11 is 0. The second-order valence-corrected chi connectivity index (χ2v) is 5.68. The third-order valence-corrected chi connectivity index (χ3v) is 4.11. The van der Waals surface area contributed by atoms with Crippen molar-refractivity contribution in [1.29, 1.82) is 0 Å². The number of cyclic esters (lactones) is 1. The van der Waals surface area contributed by atoms with Crippen LogP contribution in [0.4, 0.5) is 15.0 Å². The number of amides is 1. The second kappa shape index (κ2) is 5.43. The molecule has 1 aliphatic rings. The van der Waals surface area contributed by atoms with E-state index in [1.807, 2.05) is 36.4 Å². The number of hydrogen-bond acceptors (Lipinski definition) is 2. The molecule has 23 heavy (non-hydrogen) atoms. The minimum absolute atomic E-state index is 0.0807. The van der Waals surface area contributed by atoms with Gasteiger partial charge in [-0.3, -0.25) is 4.90 Å². The Labute approximate surface area is 132 Å². The molecule has 1 N–H and O–H groups in total. The average Bonchev–Trinajstić information content (AvgIpc) is 3.11. The summed E-state index contributed by atoms with van der Waals surface area (Å²) < 4.78 is 18.6. The molecule has 0 bridgehead atoms. The van der Waals surface area contributed by atoms with Crippen LogP contribution in [0, 0.1) is 5.82 Å². The number of nitrogens with zero attached hydrogens (tertiary/aromatic N) is 1. The fourth-order valence-corrected chi connectivity index (χ4v) is 3.01. The van der Waals surface area contributed by atoms with E-state index in [-0.39, 0.29) is 18.0 Å². The van der Waals surface area contributed by atoms with E-state index in [9.17, 15) is 9.18 Å². The van der Waals surface area contributed by atoms with Crippen molar-refractivity contribution in [2.24, 2.45) is 0 Å². The van der Waals surface area contributed by atoms with Crippen LogP contribution in [0.3, 0.4) is 0 Å². The summed E-state index contributed by atoms with van der Waals surface area (Å²) in [4.78, 5) is 16.9. The lowest BCUT2D eigenvalue weighted by molar-refractivity contribution is 0.178. The molecule has 1 fully saturated rings. The minimum Gasteiger partial charge on any atom is -0.447 e. The van der Waals surface area contributed by atoms with Gasteiger partial charge in [-0.2, -0.15) is 0 Å². The number of rotatable bonds is 3. The Morgan fingerprint density at radius 2 is 2.00 bits per heavy atom. The van der Waals surface area contributed by atoms with Crippen molar-refractivity contribution in [2.75, 3.05) is 11.5 Å². The van der Waals surface area contributed by atoms with Gasteiger partial charge in [-0.25, -0.2) is 9.18 Å². The molecule has 4 nitrogen and oxygen atoms in total. The van der Waals surface area contributed by atoms with Crippen molar-refractivity contribution in [1.82, 2.24) is 4.98 Å². The maximum absolute atomic E-state index is 13.3. The van der Waals surface area contributed by atoms with Crippen LogP contribution in [0.5, 0.6) is 0 Å². The Balaban J connectivity index is 1.67. The number of aromatic amines is 1. The maximum Gasteiger partial charge on any atom is 0.415 e. The van der Waals surface area contributed by atoms with Gasteiger partial charge < -0.3 is 9.72 Å². The monoisotopic (exact) mass is 310 g/mol. The Kier molecular flexibility index (Phi) is 3.26. The van der Waals surface area contributed by atoms with E-state index >= 15 is 0 Å². The molecule has 1 saturated heterocycles. The van der Waals surface area contributed by atoms with Gasteiger partial charge in [0.05, 0.1) is 6.04 Å². The summed E-state index contributed by atoms with van der Waals surface area (Å²) in [5.74, 6) is 0.324. The first kappa shape index (κ1) is 13.8. The summed E-state index contributed by atoms with van der Waals surface area (Å²) in [7, 11) is 0. The van der Waals surface area contributed by atoms with Crippen molar-refractivity contribution in [2.45, 2.75) is 12.5 Å². The first-order valence-corrected chi connectivity index (χ1v) is 7.49. The van der Waals surface area contributed by atoms with Crippen molar-refractivity contribution in [3.8, 4) is 0 Å². The lowest BCUT2D eigenvalue weighted by Gasteiger charge is -2.19. The molecule has 1 amide bonds. The van der Waals surface area contributed by atoms with E-state index in [0.717, 1.165) is 10.9 Å². The number of fused-ring (bicyclic) bond motifs is 1. The molecule has 1 atom stereocenters. The smallest absolute Gasteiger partial charge is 0.415 e. The van der Waals surface area contributed by atoms with Crippen LogP contribution in [-0.4, -0.2) is 23.7 Å². The average molecular weight is 310 g/mol. The summed E-state index contributed by atoms with van der Waals surface area (Å²) in [5.41, 5.74) is 1.81. The molecule has 0 spiro atoms. The van der Waals surface area contributed by atoms with Crippen LogP contribution < -0.4 is 4.90 Å². The number of benzene rings is 2. The van der Waals surface area contributed by atoms with Crippen LogP contribution in [0.2, 0.25) is 0 Å². The summed E-state index contributed by atoms with van der Waals surface area (Å²) in [6.45, 7) is 0.345. The van der Waals surface area contributed by atoms with Gasteiger partial charge >= 0.3 is 6.09 Å². The van der Waals surface area contributed by atoms with E-state index in [0.29, 0.717) is 24.4 Å². The highest BCUT2D eigenvalue weighted by Crippen LogP contribution is 2.28. The van der Waals surface area contributed by atoms with E-state index in [4.69, 9.17) is 4.74 Å². The van der Waals surface area contributed by atoms with Gasteiger partial charge in [0.1, 0.15) is 18.2 Å². The molecule has 0 saturated carbocycles. The van der Waals surface area contributed by atoms with Crippen molar-refractivity contribution in [3.05, 3.63) is 66.0 Å². The number of nitrogens with one attached hydrogen (secondary N) is 1. The van der Waals surface area contributed by atoms with E-state index in [1.165, 1.54) is 12.1 Å². The number of hydrogen-bond donors (Lipinski definition) is 1. The molecule has 0 unspecified atom stereocenters. The lowest BCUT2D eigenvalue weighted by atomic mass is 10.1. The Bertz CT molecular complexity index is 860. The van der Waals surface area contributed by atoms with Crippen molar-refractivity contribution in [3.63, 3.8) is 0 Å². The number of halogens is 1. The Morgan fingerprint density at radius 3 is 2.83 bits per heavy atom. The number of anilines is 1. The number of H-pyrrole nitrogens is 1. The molecule has 116 valence electrons. The molecular weight excluding hydrogens is 295 g/mol. The number of carbonyl (C=O) groups is 1. The van der Waals surface area contributed by atoms with E-state index in [2.05, 4.69) is 4.98 Å². The zero-order valence-electron chi connectivity index (χ0n) is 12.3. The fourth-order valence-electron chi connectivity index (χ4n) is 3.01. The summed E-state index contributed by atoms with van der Waals surface area (Å²) in [5, 5.41) is 0.861. The molecular formula is C18H15FN2O2. The van der Waals surface area contributed by atoms with Crippen LogP contribution in [0.25, 0.3) is 10.9 Å². The molecule has 1 aromatic heterocycles. The fraction of sp³-hybridized carbons (Fsp3) is 0.167. The molecule has 2 heterocycles. The number of ether oxygens (including phenoxy) is 1. The van der Waals surface area contributed by atoms with Gasteiger partial charge in [0.25, 0.3) is 0 Å². The lowest BCUT2D eigenvalue weighted by Crippen LogP contribution is -2.35. The maximum atomic E-state index is 13.3. The van der Waals surface area contributed by atoms with Crippen LogP contribution in [0.1, 0.15) is 5.56 Å². The SMILES string of the molecule is O=C1OC[C@H](Cc2ccccc2)N1c1cc2ccc(F)cc2[nH]1. The van der Waals surface area contributed by atoms with Gasteiger partial charge in [-0.15, -0.1) is 0 Å². The van der Waals surface area contributed by atoms with Gasteiger partial charge in [-0.1, -0.05) is 30.3 Å². The zero-order valence-corrected chi connectivity index (χ0v) is 12.3. The number of aromatic nitrogens is 1. The minimum atomic E-state index is -0.377. The highest BCUT2D eigenvalue weighted by Gasteiger charge is 2.35. The molecule has 0 aliphatic carbocycles. The molecule has 4 rings (SSSR count). The summed E-state index contributed by atoms with van der Waals surface area (Å²) in [6.07, 6.45) is 0.328. The molecule has 2 aromatic carbocycles. The first-order valence-electron chi connectivity index (χ1n) is 7.49. The van der Waals surface area contributed by atoms with Gasteiger partial charge in [-0.05, 0) is 36.2 Å². The van der Waals surface area contributed by atoms with Crippen LogP contribution in [-0.2, 0) is 11.2 Å².